The van der Waals surface area contributed by atoms with Crippen LogP contribution in [0.3, 0.4) is 0 Å². The van der Waals surface area contributed by atoms with Crippen LogP contribution in [0.5, 0.6) is 0 Å². The van der Waals surface area contributed by atoms with Crippen molar-refractivity contribution in [2.45, 2.75) is 39.3 Å². The summed E-state index contributed by atoms with van der Waals surface area (Å²) in [5.41, 5.74) is 7.96. The second-order valence-electron chi connectivity index (χ2n) is 4.24. The second kappa shape index (κ2) is 6.26. The average Bonchev–Trinajstić information content (AvgIpc) is 2.25. The van der Waals surface area contributed by atoms with Gasteiger partial charge in [-0.25, -0.2) is 0 Å². The van der Waals surface area contributed by atoms with Crippen LogP contribution in [0, 0.1) is 0 Å². The number of hydrogen-bond donors (Lipinski definition) is 1. The molecule has 0 saturated heterocycles. The zero-order chi connectivity index (χ0) is 12.1. The molecule has 3 heteroatoms. The number of anilines is 1. The van der Waals surface area contributed by atoms with Gasteiger partial charge in [0.05, 0.1) is 0 Å². The Hall–Kier alpha value is -0.540. The molecule has 0 aromatic heterocycles. The summed E-state index contributed by atoms with van der Waals surface area (Å²) in [7, 11) is 2.18. The van der Waals surface area contributed by atoms with Crippen LogP contribution in [0.25, 0.3) is 0 Å². The summed E-state index contributed by atoms with van der Waals surface area (Å²) in [5.74, 6) is 0. The Balaban J connectivity index is 2.69. The minimum atomic E-state index is 0.657. The van der Waals surface area contributed by atoms with Gasteiger partial charge < -0.3 is 5.73 Å². The summed E-state index contributed by atoms with van der Waals surface area (Å²) in [5, 5.41) is 0. The number of nitrogens with zero attached hydrogens (tertiary/aromatic N) is 1. The first-order chi connectivity index (χ1) is 7.58. The van der Waals surface area contributed by atoms with E-state index in [1.165, 1.54) is 18.4 Å². The molecule has 16 heavy (non-hydrogen) atoms. The molecule has 2 N–H and O–H groups in total. The number of nitrogen functional groups attached to an aromatic ring is 1. The molecule has 2 nitrogen and oxygen atoms in total. The van der Waals surface area contributed by atoms with Crippen molar-refractivity contribution in [1.29, 1.82) is 0 Å². The first kappa shape index (κ1) is 13.5. The quantitative estimate of drug-likeness (QED) is 0.837. The third-order valence-electron chi connectivity index (χ3n) is 3.06. The molecule has 0 atom stereocenters. The van der Waals surface area contributed by atoms with Gasteiger partial charge in [-0.15, -0.1) is 0 Å². The lowest BCUT2D eigenvalue weighted by atomic mass is 10.1. The molecule has 0 unspecified atom stereocenters. The van der Waals surface area contributed by atoms with Gasteiger partial charge in [-0.1, -0.05) is 19.9 Å². The predicted octanol–water partition coefficient (Wildman–Crippen LogP) is 3.65. The highest BCUT2D eigenvalue weighted by Gasteiger charge is 2.10. The van der Waals surface area contributed by atoms with Gasteiger partial charge in [-0.2, -0.15) is 0 Å². The summed E-state index contributed by atoms with van der Waals surface area (Å²) in [6, 6.07) is 6.85. The van der Waals surface area contributed by atoms with Crippen LogP contribution < -0.4 is 5.73 Å². The van der Waals surface area contributed by atoms with Gasteiger partial charge in [-0.05, 0) is 53.5 Å². The van der Waals surface area contributed by atoms with Gasteiger partial charge in [0.25, 0.3) is 0 Å². The van der Waals surface area contributed by atoms with Crippen molar-refractivity contribution in [3.8, 4) is 0 Å². The van der Waals surface area contributed by atoms with E-state index in [1.54, 1.807) is 0 Å². The molecular weight excluding hydrogens is 264 g/mol. The minimum Gasteiger partial charge on any atom is -0.398 e. The van der Waals surface area contributed by atoms with E-state index < -0.39 is 0 Å². The van der Waals surface area contributed by atoms with Gasteiger partial charge in [0.15, 0.2) is 0 Å². The number of halogens is 1. The van der Waals surface area contributed by atoms with Gasteiger partial charge in [0, 0.05) is 22.7 Å². The van der Waals surface area contributed by atoms with Crippen molar-refractivity contribution in [1.82, 2.24) is 4.90 Å². The highest BCUT2D eigenvalue weighted by molar-refractivity contribution is 9.10. The number of benzene rings is 1. The molecule has 0 spiro atoms. The van der Waals surface area contributed by atoms with Crippen molar-refractivity contribution in [3.05, 3.63) is 28.2 Å². The topological polar surface area (TPSA) is 29.3 Å². The van der Waals surface area contributed by atoms with Crippen LogP contribution in [0.2, 0.25) is 0 Å². The molecular formula is C13H21BrN2. The second-order valence-corrected chi connectivity index (χ2v) is 5.10. The Morgan fingerprint density at radius 3 is 2.44 bits per heavy atom. The van der Waals surface area contributed by atoms with Crippen molar-refractivity contribution in [2.24, 2.45) is 0 Å². The van der Waals surface area contributed by atoms with E-state index in [0.717, 1.165) is 16.7 Å². The standard InChI is InChI=1S/C13H21BrN2/c1-4-11(5-2)16(3)9-10-6-7-12(14)13(15)8-10/h6-8,11H,4-5,9,15H2,1-3H3. The highest BCUT2D eigenvalue weighted by Crippen LogP contribution is 2.21. The van der Waals surface area contributed by atoms with E-state index in [1.807, 2.05) is 12.1 Å². The third-order valence-corrected chi connectivity index (χ3v) is 3.78. The first-order valence-electron chi connectivity index (χ1n) is 5.82. The summed E-state index contributed by atoms with van der Waals surface area (Å²) >= 11 is 3.41. The summed E-state index contributed by atoms with van der Waals surface area (Å²) < 4.78 is 0.974. The molecule has 0 aliphatic carbocycles. The molecule has 1 aromatic rings. The van der Waals surface area contributed by atoms with E-state index in [4.69, 9.17) is 5.73 Å². The zero-order valence-electron chi connectivity index (χ0n) is 10.3. The van der Waals surface area contributed by atoms with E-state index in [2.05, 4.69) is 47.8 Å². The van der Waals surface area contributed by atoms with Gasteiger partial charge >= 0.3 is 0 Å². The molecule has 0 aliphatic rings. The largest absolute Gasteiger partial charge is 0.398 e. The summed E-state index contributed by atoms with van der Waals surface area (Å²) in [6.45, 7) is 5.44. The van der Waals surface area contributed by atoms with E-state index >= 15 is 0 Å². The van der Waals surface area contributed by atoms with E-state index in [9.17, 15) is 0 Å². The van der Waals surface area contributed by atoms with Crippen molar-refractivity contribution < 1.29 is 0 Å². The predicted molar refractivity (Wildman–Crippen MR) is 74.4 cm³/mol. The molecule has 0 radical (unpaired) electrons. The molecule has 0 bridgehead atoms. The molecule has 0 fully saturated rings. The number of nitrogens with two attached hydrogens (primary N) is 1. The van der Waals surface area contributed by atoms with Crippen LogP contribution in [-0.4, -0.2) is 18.0 Å². The molecule has 1 aromatic carbocycles. The molecule has 0 aliphatic heterocycles. The summed E-state index contributed by atoms with van der Waals surface area (Å²) in [4.78, 5) is 2.39. The Labute approximate surface area is 107 Å². The van der Waals surface area contributed by atoms with Gasteiger partial charge in [0.1, 0.15) is 0 Å². The Morgan fingerprint density at radius 2 is 1.94 bits per heavy atom. The van der Waals surface area contributed by atoms with Crippen molar-refractivity contribution in [2.75, 3.05) is 12.8 Å². The number of rotatable bonds is 5. The summed E-state index contributed by atoms with van der Waals surface area (Å²) in [6.07, 6.45) is 2.39. The SMILES string of the molecule is CCC(CC)N(C)Cc1ccc(Br)c(N)c1. The van der Waals surface area contributed by atoms with Crippen LogP contribution >= 0.6 is 15.9 Å². The zero-order valence-corrected chi connectivity index (χ0v) is 11.9. The van der Waals surface area contributed by atoms with Crippen LogP contribution in [0.4, 0.5) is 5.69 Å². The minimum absolute atomic E-state index is 0.657. The third kappa shape index (κ3) is 3.49. The molecule has 1 rings (SSSR count). The van der Waals surface area contributed by atoms with E-state index in [0.29, 0.717) is 6.04 Å². The first-order valence-corrected chi connectivity index (χ1v) is 6.61. The lowest BCUT2D eigenvalue weighted by Crippen LogP contribution is -2.29. The Kier molecular flexibility index (Phi) is 5.29. The monoisotopic (exact) mass is 284 g/mol. The molecule has 0 amide bonds. The van der Waals surface area contributed by atoms with E-state index in [-0.39, 0.29) is 0 Å². The lowest BCUT2D eigenvalue weighted by Gasteiger charge is -2.26. The van der Waals surface area contributed by atoms with Gasteiger partial charge in [-0.3, -0.25) is 4.90 Å². The fraction of sp³-hybridized carbons (Fsp3) is 0.538. The van der Waals surface area contributed by atoms with Crippen LogP contribution in [0.15, 0.2) is 22.7 Å². The number of hydrogen-bond acceptors (Lipinski definition) is 2. The molecule has 0 saturated carbocycles. The van der Waals surface area contributed by atoms with Crippen molar-refractivity contribution >= 4 is 21.6 Å². The molecule has 0 heterocycles. The fourth-order valence-corrected chi connectivity index (χ4v) is 2.27. The maximum absolute atomic E-state index is 5.87. The Bertz CT molecular complexity index is 335. The maximum Gasteiger partial charge on any atom is 0.0461 e. The maximum atomic E-state index is 5.87. The van der Waals surface area contributed by atoms with Crippen molar-refractivity contribution in [3.63, 3.8) is 0 Å². The fourth-order valence-electron chi connectivity index (χ4n) is 2.02. The lowest BCUT2D eigenvalue weighted by molar-refractivity contribution is 0.222. The average molecular weight is 285 g/mol. The normalized spacial score (nSPS) is 11.4. The Morgan fingerprint density at radius 1 is 1.31 bits per heavy atom. The van der Waals surface area contributed by atoms with Gasteiger partial charge in [0.2, 0.25) is 0 Å². The van der Waals surface area contributed by atoms with Crippen LogP contribution in [0.1, 0.15) is 32.3 Å². The van der Waals surface area contributed by atoms with Crippen LogP contribution in [-0.2, 0) is 6.54 Å². The molecule has 90 valence electrons. The highest BCUT2D eigenvalue weighted by atomic mass is 79.9. The smallest absolute Gasteiger partial charge is 0.0461 e.